The summed E-state index contributed by atoms with van der Waals surface area (Å²) in [6.07, 6.45) is 0.883. The molecule has 1 aliphatic carbocycles. The number of amides is 1. The highest BCUT2D eigenvalue weighted by Crippen LogP contribution is 2.26. The zero-order chi connectivity index (χ0) is 6.85. The SMILES string of the molecule is C=C1CC(OC(N)=O)C1. The van der Waals surface area contributed by atoms with Crippen molar-refractivity contribution >= 4 is 6.09 Å². The molecule has 1 aliphatic rings. The number of hydrogen-bond acceptors (Lipinski definition) is 2. The molecule has 0 aromatic carbocycles. The first-order valence-corrected chi connectivity index (χ1v) is 2.81. The lowest BCUT2D eigenvalue weighted by Crippen LogP contribution is -2.29. The van der Waals surface area contributed by atoms with E-state index in [1.807, 2.05) is 0 Å². The lowest BCUT2D eigenvalue weighted by Gasteiger charge is -2.26. The number of nitrogens with two attached hydrogens (primary N) is 1. The molecule has 3 heteroatoms. The van der Waals surface area contributed by atoms with Gasteiger partial charge in [0, 0.05) is 12.8 Å². The highest BCUT2D eigenvalue weighted by Gasteiger charge is 2.23. The van der Waals surface area contributed by atoms with Crippen molar-refractivity contribution in [2.75, 3.05) is 0 Å². The first-order valence-electron chi connectivity index (χ1n) is 2.81. The molecule has 9 heavy (non-hydrogen) atoms. The van der Waals surface area contributed by atoms with E-state index in [9.17, 15) is 4.79 Å². The summed E-state index contributed by atoms with van der Waals surface area (Å²) in [6.45, 7) is 3.69. The van der Waals surface area contributed by atoms with Crippen molar-refractivity contribution in [1.29, 1.82) is 0 Å². The van der Waals surface area contributed by atoms with E-state index in [0.717, 1.165) is 18.4 Å². The van der Waals surface area contributed by atoms with Crippen LogP contribution in [-0.4, -0.2) is 12.2 Å². The van der Waals surface area contributed by atoms with Crippen LogP contribution in [0.15, 0.2) is 12.2 Å². The maximum Gasteiger partial charge on any atom is 0.404 e. The Kier molecular flexibility index (Phi) is 1.42. The molecule has 0 unspecified atom stereocenters. The molecule has 0 saturated heterocycles. The minimum absolute atomic E-state index is 0.00926. The van der Waals surface area contributed by atoms with Crippen molar-refractivity contribution in [3.8, 4) is 0 Å². The lowest BCUT2D eigenvalue weighted by atomic mass is 9.90. The van der Waals surface area contributed by atoms with E-state index in [1.165, 1.54) is 0 Å². The Labute approximate surface area is 53.5 Å². The molecule has 2 N–H and O–H groups in total. The zero-order valence-corrected chi connectivity index (χ0v) is 5.09. The van der Waals surface area contributed by atoms with Gasteiger partial charge in [0.25, 0.3) is 0 Å². The molecule has 1 rings (SSSR count). The number of carbonyl (C=O) groups is 1. The normalized spacial score (nSPS) is 18.9. The molecular formula is C6H9NO2. The van der Waals surface area contributed by atoms with Crippen LogP contribution >= 0.6 is 0 Å². The van der Waals surface area contributed by atoms with E-state index >= 15 is 0 Å². The number of ether oxygens (including phenoxy) is 1. The Balaban J connectivity index is 2.18. The molecule has 0 radical (unpaired) electrons. The van der Waals surface area contributed by atoms with Gasteiger partial charge in [-0.05, 0) is 0 Å². The van der Waals surface area contributed by atoms with Crippen LogP contribution in [0, 0.1) is 0 Å². The van der Waals surface area contributed by atoms with Gasteiger partial charge in [0.1, 0.15) is 6.10 Å². The van der Waals surface area contributed by atoms with Gasteiger partial charge in [0.05, 0.1) is 0 Å². The van der Waals surface area contributed by atoms with Crippen molar-refractivity contribution in [2.45, 2.75) is 18.9 Å². The zero-order valence-electron chi connectivity index (χ0n) is 5.09. The highest BCUT2D eigenvalue weighted by molar-refractivity contribution is 5.65. The third-order valence-electron chi connectivity index (χ3n) is 1.32. The van der Waals surface area contributed by atoms with Gasteiger partial charge in [-0.3, -0.25) is 0 Å². The number of hydrogen-bond donors (Lipinski definition) is 1. The molecule has 1 saturated carbocycles. The fraction of sp³-hybridized carbons (Fsp3) is 0.500. The molecule has 1 amide bonds. The lowest BCUT2D eigenvalue weighted by molar-refractivity contribution is 0.0848. The summed E-state index contributed by atoms with van der Waals surface area (Å²) in [7, 11) is 0. The fourth-order valence-corrected chi connectivity index (χ4v) is 0.832. The molecule has 0 aromatic heterocycles. The Bertz CT molecular complexity index is 145. The van der Waals surface area contributed by atoms with Gasteiger partial charge in [0.15, 0.2) is 0 Å². The van der Waals surface area contributed by atoms with E-state index in [4.69, 9.17) is 5.73 Å². The van der Waals surface area contributed by atoms with Crippen LogP contribution in [0.2, 0.25) is 0 Å². The van der Waals surface area contributed by atoms with Gasteiger partial charge >= 0.3 is 6.09 Å². The summed E-state index contributed by atoms with van der Waals surface area (Å²) in [4.78, 5) is 10.1. The number of carbonyl (C=O) groups excluding carboxylic acids is 1. The second-order valence-corrected chi connectivity index (χ2v) is 2.22. The largest absolute Gasteiger partial charge is 0.446 e. The van der Waals surface area contributed by atoms with Crippen molar-refractivity contribution < 1.29 is 9.53 Å². The standard InChI is InChI=1S/C6H9NO2/c1-4-2-5(3-4)9-6(7)8/h5H,1-3H2,(H2,7,8). The van der Waals surface area contributed by atoms with Gasteiger partial charge in [0.2, 0.25) is 0 Å². The molecule has 0 bridgehead atoms. The molecule has 0 aliphatic heterocycles. The second-order valence-electron chi connectivity index (χ2n) is 2.22. The first kappa shape index (κ1) is 6.13. The Hall–Kier alpha value is -0.990. The molecule has 0 aromatic rings. The Morgan fingerprint density at radius 2 is 2.33 bits per heavy atom. The van der Waals surface area contributed by atoms with Crippen molar-refractivity contribution in [3.63, 3.8) is 0 Å². The van der Waals surface area contributed by atoms with Crippen molar-refractivity contribution in [3.05, 3.63) is 12.2 Å². The van der Waals surface area contributed by atoms with Crippen LogP contribution in [0.3, 0.4) is 0 Å². The summed E-state index contributed by atoms with van der Waals surface area (Å²) < 4.78 is 4.63. The first-order chi connectivity index (χ1) is 4.18. The Morgan fingerprint density at radius 3 is 2.67 bits per heavy atom. The monoisotopic (exact) mass is 127 g/mol. The van der Waals surface area contributed by atoms with Crippen LogP contribution in [0.25, 0.3) is 0 Å². The third kappa shape index (κ3) is 1.45. The minimum atomic E-state index is -0.687. The molecule has 1 fully saturated rings. The average molecular weight is 127 g/mol. The van der Waals surface area contributed by atoms with Gasteiger partial charge in [-0.25, -0.2) is 4.79 Å². The van der Waals surface area contributed by atoms with Gasteiger partial charge in [-0.15, -0.1) is 0 Å². The van der Waals surface area contributed by atoms with Crippen molar-refractivity contribution in [2.24, 2.45) is 5.73 Å². The number of primary amides is 1. The van der Waals surface area contributed by atoms with E-state index in [2.05, 4.69) is 11.3 Å². The van der Waals surface area contributed by atoms with Crippen LogP contribution in [0.5, 0.6) is 0 Å². The molecule has 0 heterocycles. The maximum absolute atomic E-state index is 10.1. The summed E-state index contributed by atoms with van der Waals surface area (Å²) >= 11 is 0. The maximum atomic E-state index is 10.1. The highest BCUT2D eigenvalue weighted by atomic mass is 16.6. The van der Waals surface area contributed by atoms with E-state index in [1.54, 1.807) is 0 Å². The van der Waals surface area contributed by atoms with Gasteiger partial charge in [-0.2, -0.15) is 0 Å². The molecule has 50 valence electrons. The minimum Gasteiger partial charge on any atom is -0.446 e. The Morgan fingerprint density at radius 1 is 1.78 bits per heavy atom. The van der Waals surface area contributed by atoms with Crippen molar-refractivity contribution in [1.82, 2.24) is 0 Å². The second kappa shape index (κ2) is 2.09. The van der Waals surface area contributed by atoms with E-state index in [0.29, 0.717) is 0 Å². The molecule has 3 nitrogen and oxygen atoms in total. The third-order valence-corrected chi connectivity index (χ3v) is 1.32. The molecule has 0 atom stereocenters. The van der Waals surface area contributed by atoms with Crippen LogP contribution in [0.4, 0.5) is 4.79 Å². The quantitative estimate of drug-likeness (QED) is 0.529. The van der Waals surface area contributed by atoms with Gasteiger partial charge < -0.3 is 10.5 Å². The molecular weight excluding hydrogens is 118 g/mol. The van der Waals surface area contributed by atoms with Crippen LogP contribution in [0.1, 0.15) is 12.8 Å². The van der Waals surface area contributed by atoms with Crippen LogP contribution in [-0.2, 0) is 4.74 Å². The summed E-state index contributed by atoms with van der Waals surface area (Å²) in [5.41, 5.74) is 5.88. The fourth-order valence-electron chi connectivity index (χ4n) is 0.832. The summed E-state index contributed by atoms with van der Waals surface area (Å²) in [6, 6.07) is 0. The summed E-state index contributed by atoms with van der Waals surface area (Å²) in [5.74, 6) is 0. The topological polar surface area (TPSA) is 52.3 Å². The predicted molar refractivity (Wildman–Crippen MR) is 32.8 cm³/mol. The van der Waals surface area contributed by atoms with E-state index in [-0.39, 0.29) is 6.10 Å². The van der Waals surface area contributed by atoms with Crippen LogP contribution < -0.4 is 5.73 Å². The number of rotatable bonds is 1. The molecule has 0 spiro atoms. The average Bonchev–Trinajstić information content (AvgIpc) is 1.60. The predicted octanol–water partition coefficient (Wildman–Crippen LogP) is 0.800. The smallest absolute Gasteiger partial charge is 0.404 e. The summed E-state index contributed by atoms with van der Waals surface area (Å²) in [5, 5.41) is 0. The van der Waals surface area contributed by atoms with Gasteiger partial charge in [-0.1, -0.05) is 12.2 Å². The van der Waals surface area contributed by atoms with E-state index < -0.39 is 6.09 Å².